The number of phenolic OH excluding ortho intramolecular Hbond substituents is 1. The Morgan fingerprint density at radius 2 is 1.90 bits per heavy atom. The van der Waals surface area contributed by atoms with Gasteiger partial charge < -0.3 is 10.0 Å². The third-order valence-electron chi connectivity index (χ3n) is 3.40. The minimum atomic E-state index is -0.195. The predicted molar refractivity (Wildman–Crippen MR) is 86.3 cm³/mol. The Morgan fingerprint density at radius 1 is 1.24 bits per heavy atom. The normalized spacial score (nSPS) is 10.4. The van der Waals surface area contributed by atoms with Crippen LogP contribution >= 0.6 is 11.6 Å². The average Bonchev–Trinajstić information content (AvgIpc) is 2.48. The number of halogens is 1. The van der Waals surface area contributed by atoms with Crippen molar-refractivity contribution in [3.8, 4) is 5.75 Å². The van der Waals surface area contributed by atoms with Gasteiger partial charge in [-0.2, -0.15) is 0 Å². The van der Waals surface area contributed by atoms with E-state index in [-0.39, 0.29) is 17.1 Å². The molecule has 2 rings (SSSR count). The highest BCUT2D eigenvalue weighted by molar-refractivity contribution is 6.31. The van der Waals surface area contributed by atoms with Crippen LogP contribution in [0.3, 0.4) is 0 Å². The second kappa shape index (κ2) is 6.64. The number of Topliss-reactive ketones (excluding diaryl/α,β-unsaturated/α-hetero) is 1. The number of aromatic hydroxyl groups is 1. The standard InChI is InChI=1S/C17H18ClNO2/c1-3-19(15-7-5-4-6-8-15)11-13-9-14(18)10-16(12(2)20)17(13)21/h4-10,21H,3,11H2,1-2H3. The Bertz CT molecular complexity index is 641. The fourth-order valence-electron chi connectivity index (χ4n) is 2.27. The highest BCUT2D eigenvalue weighted by Gasteiger charge is 2.15. The minimum absolute atomic E-state index is 0.0151. The van der Waals surface area contributed by atoms with E-state index >= 15 is 0 Å². The summed E-state index contributed by atoms with van der Waals surface area (Å²) >= 11 is 6.06. The maximum atomic E-state index is 11.6. The van der Waals surface area contributed by atoms with Gasteiger partial charge in [-0.3, -0.25) is 4.79 Å². The van der Waals surface area contributed by atoms with Gasteiger partial charge in [-0.1, -0.05) is 29.8 Å². The SMILES string of the molecule is CCN(Cc1cc(Cl)cc(C(C)=O)c1O)c1ccccc1. The molecule has 21 heavy (non-hydrogen) atoms. The quantitative estimate of drug-likeness (QED) is 0.838. The van der Waals surface area contributed by atoms with Crippen molar-refractivity contribution in [2.75, 3.05) is 11.4 Å². The number of para-hydroxylation sites is 1. The monoisotopic (exact) mass is 303 g/mol. The number of hydrogen-bond acceptors (Lipinski definition) is 3. The van der Waals surface area contributed by atoms with Gasteiger partial charge in [0.15, 0.2) is 5.78 Å². The van der Waals surface area contributed by atoms with Crippen LogP contribution in [-0.4, -0.2) is 17.4 Å². The molecule has 0 radical (unpaired) electrons. The fourth-order valence-corrected chi connectivity index (χ4v) is 2.52. The molecule has 0 heterocycles. The first-order valence-electron chi connectivity index (χ1n) is 6.85. The molecule has 0 fully saturated rings. The van der Waals surface area contributed by atoms with Gasteiger partial charge in [0.25, 0.3) is 0 Å². The van der Waals surface area contributed by atoms with Gasteiger partial charge in [0.05, 0.1) is 5.56 Å². The summed E-state index contributed by atoms with van der Waals surface area (Å²) < 4.78 is 0. The van der Waals surface area contributed by atoms with Gasteiger partial charge >= 0.3 is 0 Å². The summed E-state index contributed by atoms with van der Waals surface area (Å²) in [5, 5.41) is 10.7. The Labute approximate surface area is 129 Å². The summed E-state index contributed by atoms with van der Waals surface area (Å²) in [7, 11) is 0. The zero-order valence-corrected chi connectivity index (χ0v) is 12.9. The first-order valence-corrected chi connectivity index (χ1v) is 7.23. The lowest BCUT2D eigenvalue weighted by Gasteiger charge is -2.24. The molecule has 2 aromatic carbocycles. The van der Waals surface area contributed by atoms with E-state index in [4.69, 9.17) is 11.6 Å². The summed E-state index contributed by atoms with van der Waals surface area (Å²) in [4.78, 5) is 13.7. The van der Waals surface area contributed by atoms with E-state index in [1.807, 2.05) is 37.3 Å². The predicted octanol–water partition coefficient (Wildman–Crippen LogP) is 4.27. The lowest BCUT2D eigenvalue weighted by molar-refractivity contribution is 0.101. The lowest BCUT2D eigenvalue weighted by Crippen LogP contribution is -2.22. The minimum Gasteiger partial charge on any atom is -0.507 e. The molecule has 0 unspecified atom stereocenters. The van der Waals surface area contributed by atoms with E-state index in [0.717, 1.165) is 12.2 Å². The van der Waals surface area contributed by atoms with Gasteiger partial charge in [0.2, 0.25) is 0 Å². The Kier molecular flexibility index (Phi) is 4.86. The Hall–Kier alpha value is -2.00. The van der Waals surface area contributed by atoms with Crippen molar-refractivity contribution in [1.29, 1.82) is 0 Å². The fraction of sp³-hybridized carbons (Fsp3) is 0.235. The van der Waals surface area contributed by atoms with Crippen molar-refractivity contribution in [3.05, 3.63) is 58.6 Å². The molecule has 0 saturated heterocycles. The number of ketones is 1. The van der Waals surface area contributed by atoms with Gasteiger partial charge in [0, 0.05) is 29.4 Å². The molecule has 2 aromatic rings. The second-order valence-electron chi connectivity index (χ2n) is 4.87. The molecular weight excluding hydrogens is 286 g/mol. The van der Waals surface area contributed by atoms with Crippen LogP contribution in [0.25, 0.3) is 0 Å². The molecule has 0 aromatic heterocycles. The topological polar surface area (TPSA) is 40.5 Å². The van der Waals surface area contributed by atoms with Gasteiger partial charge in [-0.25, -0.2) is 0 Å². The molecule has 110 valence electrons. The first kappa shape index (κ1) is 15.4. The van der Waals surface area contributed by atoms with Crippen LogP contribution < -0.4 is 4.90 Å². The van der Waals surface area contributed by atoms with Crippen LogP contribution in [0.15, 0.2) is 42.5 Å². The molecule has 1 N–H and O–H groups in total. The van der Waals surface area contributed by atoms with Crippen LogP contribution in [-0.2, 0) is 6.54 Å². The van der Waals surface area contributed by atoms with Crippen molar-refractivity contribution in [2.45, 2.75) is 20.4 Å². The van der Waals surface area contributed by atoms with E-state index < -0.39 is 0 Å². The molecule has 0 aliphatic heterocycles. The first-order chi connectivity index (χ1) is 10.0. The maximum Gasteiger partial charge on any atom is 0.163 e. The number of hydrogen-bond donors (Lipinski definition) is 1. The van der Waals surface area contributed by atoms with Crippen LogP contribution in [0.1, 0.15) is 29.8 Å². The van der Waals surface area contributed by atoms with Crippen molar-refractivity contribution in [2.24, 2.45) is 0 Å². The molecular formula is C17H18ClNO2. The zero-order valence-electron chi connectivity index (χ0n) is 12.1. The van der Waals surface area contributed by atoms with Crippen LogP contribution in [0, 0.1) is 0 Å². The van der Waals surface area contributed by atoms with Crippen molar-refractivity contribution >= 4 is 23.1 Å². The third kappa shape index (κ3) is 3.56. The Morgan fingerprint density at radius 3 is 2.48 bits per heavy atom. The van der Waals surface area contributed by atoms with Crippen LogP contribution in [0.5, 0.6) is 5.75 Å². The summed E-state index contributed by atoms with van der Waals surface area (Å²) in [6, 6.07) is 13.1. The highest BCUT2D eigenvalue weighted by atomic mass is 35.5. The largest absolute Gasteiger partial charge is 0.507 e. The molecule has 0 aliphatic rings. The number of carbonyl (C=O) groups is 1. The molecule has 0 amide bonds. The van der Waals surface area contributed by atoms with Crippen LogP contribution in [0.4, 0.5) is 5.69 Å². The van der Waals surface area contributed by atoms with Crippen molar-refractivity contribution < 1.29 is 9.90 Å². The Balaban J connectivity index is 2.36. The highest BCUT2D eigenvalue weighted by Crippen LogP contribution is 2.29. The molecule has 0 spiro atoms. The number of anilines is 1. The van der Waals surface area contributed by atoms with E-state index in [1.165, 1.54) is 13.0 Å². The number of rotatable bonds is 5. The molecule has 3 nitrogen and oxygen atoms in total. The summed E-state index contributed by atoms with van der Waals surface area (Å²) in [5.74, 6) is -0.180. The van der Waals surface area contributed by atoms with Gasteiger partial charge in [-0.05, 0) is 38.1 Å². The smallest absolute Gasteiger partial charge is 0.163 e. The van der Waals surface area contributed by atoms with E-state index in [9.17, 15) is 9.90 Å². The number of phenols is 1. The zero-order chi connectivity index (χ0) is 15.4. The number of carbonyl (C=O) groups excluding carboxylic acids is 1. The molecule has 0 saturated carbocycles. The second-order valence-corrected chi connectivity index (χ2v) is 5.30. The maximum absolute atomic E-state index is 11.6. The number of nitrogens with zero attached hydrogens (tertiary/aromatic N) is 1. The molecule has 4 heteroatoms. The van der Waals surface area contributed by atoms with E-state index in [2.05, 4.69) is 4.90 Å². The lowest BCUT2D eigenvalue weighted by atomic mass is 10.0. The summed E-state index contributed by atoms with van der Waals surface area (Å²) in [5.41, 5.74) is 1.98. The molecule has 0 atom stereocenters. The van der Waals surface area contributed by atoms with Gasteiger partial charge in [-0.15, -0.1) is 0 Å². The molecule has 0 aliphatic carbocycles. The molecule has 0 bridgehead atoms. The van der Waals surface area contributed by atoms with E-state index in [1.54, 1.807) is 6.07 Å². The summed E-state index contributed by atoms with van der Waals surface area (Å²) in [6.45, 7) is 4.74. The summed E-state index contributed by atoms with van der Waals surface area (Å²) in [6.07, 6.45) is 0. The van der Waals surface area contributed by atoms with Crippen molar-refractivity contribution in [3.63, 3.8) is 0 Å². The number of benzene rings is 2. The van der Waals surface area contributed by atoms with Gasteiger partial charge in [0.1, 0.15) is 5.75 Å². The third-order valence-corrected chi connectivity index (χ3v) is 3.62. The van der Waals surface area contributed by atoms with Crippen molar-refractivity contribution in [1.82, 2.24) is 0 Å². The average molecular weight is 304 g/mol. The van der Waals surface area contributed by atoms with Crippen LogP contribution in [0.2, 0.25) is 5.02 Å². The van der Waals surface area contributed by atoms with E-state index in [0.29, 0.717) is 17.1 Å².